The number of benzene rings is 1. The molecule has 0 radical (unpaired) electrons. The zero-order chi connectivity index (χ0) is 15.2. The van der Waals surface area contributed by atoms with Crippen LogP contribution < -0.4 is 15.2 Å². The van der Waals surface area contributed by atoms with Crippen LogP contribution >= 0.6 is 0 Å². The summed E-state index contributed by atoms with van der Waals surface area (Å²) in [7, 11) is 3.35. The molecule has 1 aromatic carbocycles. The number of ether oxygens (including phenoxy) is 2. The molecule has 2 atom stereocenters. The summed E-state index contributed by atoms with van der Waals surface area (Å²) >= 11 is 0. The molecule has 0 spiro atoms. The molecule has 1 aliphatic heterocycles. The van der Waals surface area contributed by atoms with Crippen molar-refractivity contribution in [1.82, 2.24) is 4.90 Å². The second-order valence-corrected chi connectivity index (χ2v) is 6.13. The van der Waals surface area contributed by atoms with Crippen molar-refractivity contribution in [2.24, 2.45) is 11.7 Å². The van der Waals surface area contributed by atoms with Crippen molar-refractivity contribution in [2.75, 3.05) is 27.3 Å². The predicted octanol–water partition coefficient (Wildman–Crippen LogP) is 2.65. The largest absolute Gasteiger partial charge is 0.493 e. The van der Waals surface area contributed by atoms with Crippen LogP contribution in [0.5, 0.6) is 11.5 Å². The van der Waals surface area contributed by atoms with Crippen molar-refractivity contribution >= 4 is 0 Å². The molecule has 2 rings (SSSR count). The summed E-state index contributed by atoms with van der Waals surface area (Å²) in [6, 6.07) is 6.51. The molecule has 0 aromatic heterocycles. The first-order valence-electron chi connectivity index (χ1n) is 7.81. The van der Waals surface area contributed by atoms with E-state index in [-0.39, 0.29) is 0 Å². The average molecular weight is 292 g/mol. The van der Waals surface area contributed by atoms with Gasteiger partial charge in [-0.1, -0.05) is 6.07 Å². The average Bonchev–Trinajstić information content (AvgIpc) is 2.92. The molecule has 2 unspecified atom stereocenters. The predicted molar refractivity (Wildman–Crippen MR) is 85.8 cm³/mol. The Kier molecular flexibility index (Phi) is 5.88. The van der Waals surface area contributed by atoms with E-state index < -0.39 is 0 Å². The van der Waals surface area contributed by atoms with Crippen LogP contribution in [0.3, 0.4) is 0 Å². The Morgan fingerprint density at radius 3 is 2.71 bits per heavy atom. The number of nitrogens with zero attached hydrogens (tertiary/aromatic N) is 1. The molecule has 1 fully saturated rings. The van der Waals surface area contributed by atoms with E-state index in [4.69, 9.17) is 15.2 Å². The number of rotatable bonds is 7. The fourth-order valence-corrected chi connectivity index (χ4v) is 3.03. The monoisotopic (exact) mass is 292 g/mol. The van der Waals surface area contributed by atoms with Gasteiger partial charge in [-0.3, -0.25) is 4.90 Å². The number of methoxy groups -OCH3 is 2. The Morgan fingerprint density at radius 1 is 1.29 bits per heavy atom. The number of nitrogens with two attached hydrogens (primary N) is 1. The summed E-state index contributed by atoms with van der Waals surface area (Å²) in [4.78, 5) is 2.52. The van der Waals surface area contributed by atoms with Crippen LogP contribution in [0.4, 0.5) is 0 Å². The van der Waals surface area contributed by atoms with Gasteiger partial charge in [0.15, 0.2) is 11.5 Å². The lowest BCUT2D eigenvalue weighted by atomic mass is 10.0. The maximum atomic E-state index is 5.85. The summed E-state index contributed by atoms with van der Waals surface area (Å²) in [6.45, 7) is 5.43. The summed E-state index contributed by atoms with van der Waals surface area (Å²) < 4.78 is 10.7. The minimum absolute atomic E-state index is 0.324. The maximum Gasteiger partial charge on any atom is 0.161 e. The summed E-state index contributed by atoms with van der Waals surface area (Å²) in [5, 5.41) is 0. The molecule has 4 heteroatoms. The molecular formula is C17H28N2O2. The molecule has 0 aliphatic carbocycles. The quantitative estimate of drug-likeness (QED) is 0.839. The van der Waals surface area contributed by atoms with Gasteiger partial charge in [-0.2, -0.15) is 0 Å². The third kappa shape index (κ3) is 4.61. The minimum atomic E-state index is 0.324. The first-order chi connectivity index (χ1) is 10.1. The van der Waals surface area contributed by atoms with E-state index in [0.717, 1.165) is 30.4 Å². The highest BCUT2D eigenvalue weighted by Crippen LogP contribution is 2.29. The molecule has 1 saturated heterocycles. The van der Waals surface area contributed by atoms with Crippen molar-refractivity contribution in [2.45, 2.75) is 38.8 Å². The highest BCUT2D eigenvalue weighted by atomic mass is 16.5. The summed E-state index contributed by atoms with van der Waals surface area (Å²) in [5.74, 6) is 2.40. The van der Waals surface area contributed by atoms with Gasteiger partial charge in [-0.15, -0.1) is 0 Å². The van der Waals surface area contributed by atoms with Crippen LogP contribution in [0, 0.1) is 5.92 Å². The lowest BCUT2D eigenvalue weighted by Gasteiger charge is -2.17. The van der Waals surface area contributed by atoms with Gasteiger partial charge in [0.1, 0.15) is 0 Å². The zero-order valence-corrected chi connectivity index (χ0v) is 13.5. The third-order valence-electron chi connectivity index (χ3n) is 4.25. The van der Waals surface area contributed by atoms with Crippen molar-refractivity contribution in [3.63, 3.8) is 0 Å². The van der Waals surface area contributed by atoms with Gasteiger partial charge in [-0.05, 0) is 56.3 Å². The molecule has 21 heavy (non-hydrogen) atoms. The second-order valence-electron chi connectivity index (χ2n) is 6.13. The fourth-order valence-electron chi connectivity index (χ4n) is 3.03. The molecule has 0 saturated carbocycles. The van der Waals surface area contributed by atoms with Gasteiger partial charge in [0.25, 0.3) is 0 Å². The van der Waals surface area contributed by atoms with Gasteiger partial charge in [0, 0.05) is 19.1 Å². The molecule has 4 nitrogen and oxygen atoms in total. The van der Waals surface area contributed by atoms with Gasteiger partial charge < -0.3 is 15.2 Å². The molecule has 1 aromatic rings. The van der Waals surface area contributed by atoms with E-state index in [0.29, 0.717) is 6.04 Å². The van der Waals surface area contributed by atoms with E-state index in [9.17, 15) is 0 Å². The molecule has 118 valence electrons. The van der Waals surface area contributed by atoms with Crippen molar-refractivity contribution in [3.05, 3.63) is 23.8 Å². The van der Waals surface area contributed by atoms with E-state index in [1.165, 1.54) is 31.5 Å². The van der Waals surface area contributed by atoms with Crippen molar-refractivity contribution < 1.29 is 9.47 Å². The van der Waals surface area contributed by atoms with Crippen LogP contribution in [0.1, 0.15) is 31.7 Å². The van der Waals surface area contributed by atoms with Gasteiger partial charge in [-0.25, -0.2) is 0 Å². The van der Waals surface area contributed by atoms with Gasteiger partial charge in [0.2, 0.25) is 0 Å². The normalized spacial score (nSPS) is 20.5. The smallest absolute Gasteiger partial charge is 0.161 e. The van der Waals surface area contributed by atoms with Crippen LogP contribution in [0.25, 0.3) is 0 Å². The number of likely N-dealkylation sites (tertiary alicyclic amines) is 1. The van der Waals surface area contributed by atoms with Gasteiger partial charge >= 0.3 is 0 Å². The molecule has 0 amide bonds. The van der Waals surface area contributed by atoms with Crippen LogP contribution in [0.15, 0.2) is 18.2 Å². The molecule has 2 N–H and O–H groups in total. The van der Waals surface area contributed by atoms with Gasteiger partial charge in [0.05, 0.1) is 14.2 Å². The molecule has 1 aliphatic rings. The first-order valence-corrected chi connectivity index (χ1v) is 7.81. The minimum Gasteiger partial charge on any atom is -0.493 e. The third-order valence-corrected chi connectivity index (χ3v) is 4.25. The van der Waals surface area contributed by atoms with Crippen molar-refractivity contribution in [3.8, 4) is 11.5 Å². The van der Waals surface area contributed by atoms with Crippen LogP contribution in [-0.4, -0.2) is 38.3 Å². The van der Waals surface area contributed by atoms with E-state index >= 15 is 0 Å². The zero-order valence-electron chi connectivity index (χ0n) is 13.5. The summed E-state index contributed by atoms with van der Waals surface area (Å²) in [6.07, 6.45) is 3.68. The highest BCUT2D eigenvalue weighted by molar-refractivity contribution is 5.42. The molecule has 1 heterocycles. The Hall–Kier alpha value is -1.26. The van der Waals surface area contributed by atoms with Crippen LogP contribution in [0.2, 0.25) is 0 Å². The number of hydrogen-bond donors (Lipinski definition) is 1. The topological polar surface area (TPSA) is 47.7 Å². The van der Waals surface area contributed by atoms with Crippen molar-refractivity contribution in [1.29, 1.82) is 0 Å². The van der Waals surface area contributed by atoms with Crippen LogP contribution in [-0.2, 0) is 6.54 Å². The van der Waals surface area contributed by atoms with E-state index in [1.807, 2.05) is 6.07 Å². The highest BCUT2D eigenvalue weighted by Gasteiger charge is 2.22. The molecular weight excluding hydrogens is 264 g/mol. The lowest BCUT2D eigenvalue weighted by Crippen LogP contribution is -2.21. The maximum absolute atomic E-state index is 5.85. The lowest BCUT2D eigenvalue weighted by molar-refractivity contribution is 0.309. The Balaban J connectivity index is 1.88. The second kappa shape index (κ2) is 7.66. The Bertz CT molecular complexity index is 448. The fraction of sp³-hybridized carbons (Fsp3) is 0.647. The first kappa shape index (κ1) is 16.1. The van der Waals surface area contributed by atoms with E-state index in [1.54, 1.807) is 14.2 Å². The Morgan fingerprint density at radius 2 is 2.05 bits per heavy atom. The number of hydrogen-bond acceptors (Lipinski definition) is 4. The summed E-state index contributed by atoms with van der Waals surface area (Å²) in [5.41, 5.74) is 7.13. The standard InChI is InChI=1S/C17H28N2O2/c1-13(18)4-5-14-8-9-19(11-14)12-15-6-7-16(20-2)17(10-15)21-3/h6-7,10,13-14H,4-5,8-9,11-12,18H2,1-3H3. The SMILES string of the molecule is COc1ccc(CN2CCC(CCC(C)N)C2)cc1OC. The van der Waals surface area contributed by atoms with E-state index in [2.05, 4.69) is 24.0 Å². The Labute approximate surface area is 128 Å². The molecule has 0 bridgehead atoms.